The highest BCUT2D eigenvalue weighted by Crippen LogP contribution is 2.51. The maximum Gasteiger partial charge on any atom is 0.143 e. The molecule has 0 amide bonds. The fourth-order valence-electron chi connectivity index (χ4n) is 18.1. The molecule has 6 aromatic heterocycles. The van der Waals surface area contributed by atoms with Gasteiger partial charge < -0.3 is 36.3 Å². The largest absolute Gasteiger partial charge is 0.456 e. The lowest BCUT2D eigenvalue weighted by atomic mass is 9.88. The zero-order valence-corrected chi connectivity index (χ0v) is 62.3. The molecule has 0 N–H and O–H groups in total. The van der Waals surface area contributed by atoms with Gasteiger partial charge in [0, 0.05) is 127 Å². The molecule has 0 saturated heterocycles. The smallest absolute Gasteiger partial charge is 0.143 e. The van der Waals surface area contributed by atoms with E-state index in [0.717, 1.165) is 244 Å². The lowest BCUT2D eigenvalue weighted by molar-refractivity contribution is 0.668. The molecule has 24 rings (SSSR count). The van der Waals surface area contributed by atoms with Crippen molar-refractivity contribution in [3.8, 4) is 77.9 Å². The van der Waals surface area contributed by atoms with Crippen molar-refractivity contribution in [3.05, 3.63) is 388 Å². The maximum absolute atomic E-state index is 7.18. The Balaban J connectivity index is 0.622. The van der Waals surface area contributed by atoms with Gasteiger partial charge in [-0.15, -0.1) is 0 Å². The van der Waals surface area contributed by atoms with Crippen molar-refractivity contribution in [3.63, 3.8) is 0 Å². The van der Waals surface area contributed by atoms with Gasteiger partial charge in [0.25, 0.3) is 0 Å². The van der Waals surface area contributed by atoms with Crippen molar-refractivity contribution in [1.82, 2.24) is 0 Å². The van der Waals surface area contributed by atoms with Crippen molar-refractivity contribution in [2.45, 2.75) is 0 Å². The van der Waals surface area contributed by atoms with Crippen LogP contribution in [0.15, 0.2) is 415 Å². The van der Waals surface area contributed by atoms with Crippen LogP contribution in [0.2, 0.25) is 0 Å². The molecular weight excluding hydrogens is 1420 g/mol. The minimum Gasteiger partial charge on any atom is -0.456 e. The Bertz CT molecular complexity index is 8070. The van der Waals surface area contributed by atoms with Crippen molar-refractivity contribution >= 4 is 166 Å². The van der Waals surface area contributed by atoms with E-state index < -0.39 is 0 Å². The topological polar surface area (TPSA) is 85.3 Å². The van der Waals surface area contributed by atoms with Crippen LogP contribution in [-0.2, 0) is 0 Å². The lowest BCUT2D eigenvalue weighted by Gasteiger charge is -2.26. The minimum atomic E-state index is 0.793. The van der Waals surface area contributed by atoms with Crippen molar-refractivity contribution in [2.24, 2.45) is 0 Å². The summed E-state index contributed by atoms with van der Waals surface area (Å²) in [5, 5.41) is 12.9. The third kappa shape index (κ3) is 10.4. The highest BCUT2D eigenvalue weighted by Gasteiger charge is 2.27. The number of furan rings is 6. The van der Waals surface area contributed by atoms with Crippen LogP contribution in [0.4, 0.5) is 34.1 Å². The summed E-state index contributed by atoms with van der Waals surface area (Å²) >= 11 is 0. The van der Waals surface area contributed by atoms with Crippen molar-refractivity contribution in [2.75, 3.05) is 9.80 Å². The second kappa shape index (κ2) is 26.0. The molecule has 6 heterocycles. The molecule has 0 atom stereocenters. The first-order valence-electron chi connectivity index (χ1n) is 39.2. The summed E-state index contributed by atoms with van der Waals surface area (Å²) in [6.45, 7) is 0. The molecule has 8 heteroatoms. The molecule has 0 unspecified atom stereocenters. The predicted octanol–water partition coefficient (Wildman–Crippen LogP) is 31.7. The average molecular weight is 1490 g/mol. The molecule has 0 aliphatic heterocycles. The van der Waals surface area contributed by atoms with Gasteiger partial charge >= 0.3 is 0 Å². The summed E-state index contributed by atoms with van der Waals surface area (Å²) in [5.41, 5.74) is 30.6. The van der Waals surface area contributed by atoms with Gasteiger partial charge in [0.15, 0.2) is 0 Å². The van der Waals surface area contributed by atoms with Gasteiger partial charge in [-0.05, 0) is 184 Å². The van der Waals surface area contributed by atoms with Crippen LogP contribution in [0.3, 0.4) is 0 Å². The second-order valence-corrected chi connectivity index (χ2v) is 30.0. The summed E-state index contributed by atoms with van der Waals surface area (Å²) in [6, 6.07) is 138. The first kappa shape index (κ1) is 65.1. The van der Waals surface area contributed by atoms with E-state index in [1.165, 1.54) is 0 Å². The zero-order chi connectivity index (χ0) is 76.1. The summed E-state index contributed by atoms with van der Waals surface area (Å²) in [7, 11) is 0. The van der Waals surface area contributed by atoms with E-state index in [0.29, 0.717) is 0 Å². The molecule has 8 nitrogen and oxygen atoms in total. The third-order valence-electron chi connectivity index (χ3n) is 23.6. The molecule has 0 aliphatic rings. The monoisotopic (exact) mass is 1480 g/mol. The molecule has 18 aromatic carbocycles. The van der Waals surface area contributed by atoms with E-state index in [2.05, 4.69) is 343 Å². The second-order valence-electron chi connectivity index (χ2n) is 30.0. The van der Waals surface area contributed by atoms with Gasteiger partial charge in [-0.1, -0.05) is 255 Å². The van der Waals surface area contributed by atoms with E-state index in [4.69, 9.17) is 26.5 Å². The Morgan fingerprint density at radius 1 is 0.147 bits per heavy atom. The van der Waals surface area contributed by atoms with Crippen molar-refractivity contribution in [1.29, 1.82) is 0 Å². The number of anilines is 6. The number of rotatable bonds is 13. The highest BCUT2D eigenvalue weighted by atomic mass is 16.3. The molecule has 24 aromatic rings. The molecule has 0 bridgehead atoms. The lowest BCUT2D eigenvalue weighted by Crippen LogP contribution is -2.10. The molecular formula is C108H64N2O6. The molecule has 0 radical (unpaired) electrons. The van der Waals surface area contributed by atoms with E-state index in [1.807, 2.05) is 54.6 Å². The van der Waals surface area contributed by atoms with E-state index in [9.17, 15) is 0 Å². The van der Waals surface area contributed by atoms with Crippen LogP contribution in [0.1, 0.15) is 0 Å². The summed E-state index contributed by atoms with van der Waals surface area (Å²) in [4.78, 5) is 4.67. The fraction of sp³-hybridized carbons (Fsp3) is 0. The predicted molar refractivity (Wildman–Crippen MR) is 478 cm³/mol. The molecule has 0 aliphatic carbocycles. The van der Waals surface area contributed by atoms with Gasteiger partial charge in [0.05, 0.1) is 0 Å². The standard InChI is InChI=1S/C108H64N2O6/c1-8-32-96-82(19-1)89-28-14-25-78(104(89)112-96)66-39-50-73(51-40-66)109(72-48-37-65(38-49-72)70-47-62-101-94(64-70)86-23-5-7-31-95(86)111-101)74-52-43-68(44-53-74)81-58-59-88(103-93-24-6-12-36-100(93)116-107(81)103)87-60-61-92-85-22-4-11-35-99(85)115-108(92)102(87)69-45-56-76(57-46-69)110(75-54-41-67(42-55-75)79-26-15-29-90-83-20-2-9-33-97(83)113-105(79)90)77-18-13-17-71(63-77)80-27-16-30-91-84-21-3-10-34-98(84)114-106(80)91/h1-64H. The fourth-order valence-corrected chi connectivity index (χ4v) is 18.1. The Hall–Kier alpha value is -15.6. The number of fused-ring (bicyclic) bond motifs is 18. The summed E-state index contributed by atoms with van der Waals surface area (Å²) < 4.78 is 40.4. The Kier molecular flexibility index (Phi) is 14.6. The van der Waals surface area contributed by atoms with Crippen LogP contribution in [0.25, 0.3) is 210 Å². The average Bonchev–Trinajstić information content (AvgIpc) is 1.52. The number of para-hydroxylation sites is 9. The van der Waals surface area contributed by atoms with Crippen molar-refractivity contribution < 1.29 is 26.5 Å². The molecule has 0 saturated carbocycles. The van der Waals surface area contributed by atoms with E-state index in [1.54, 1.807) is 0 Å². The summed E-state index contributed by atoms with van der Waals surface area (Å²) in [5.74, 6) is 0. The third-order valence-corrected chi connectivity index (χ3v) is 23.6. The van der Waals surface area contributed by atoms with Crippen LogP contribution in [0.5, 0.6) is 0 Å². The Morgan fingerprint density at radius 2 is 0.466 bits per heavy atom. The van der Waals surface area contributed by atoms with Crippen LogP contribution < -0.4 is 9.80 Å². The van der Waals surface area contributed by atoms with Crippen LogP contribution >= 0.6 is 0 Å². The van der Waals surface area contributed by atoms with Crippen LogP contribution in [0, 0.1) is 0 Å². The molecule has 116 heavy (non-hydrogen) atoms. The number of hydrogen-bond donors (Lipinski definition) is 0. The zero-order valence-electron chi connectivity index (χ0n) is 62.3. The highest BCUT2D eigenvalue weighted by molar-refractivity contribution is 6.21. The normalized spacial score (nSPS) is 12.0. The van der Waals surface area contributed by atoms with Gasteiger partial charge in [-0.3, -0.25) is 0 Å². The first-order chi connectivity index (χ1) is 57.5. The SMILES string of the molecule is c1cc(-c2cccc3c2oc2ccccc23)cc(N(c2ccc(-c3cccc4c3oc3ccccc34)cc2)c2ccc(-c3c(-c4ccc(-c5ccc(N(c6ccc(-c7ccc8oc9ccccc9c8c7)cc6)c6ccc(-c7cccc8c7oc7ccccc78)cc6)cc5)c5oc6ccccc6c45)ccc4c3oc3ccccc34)cc2)c1. The van der Waals surface area contributed by atoms with E-state index in [-0.39, 0.29) is 0 Å². The quantitative estimate of drug-likeness (QED) is 0.113. The van der Waals surface area contributed by atoms with Gasteiger partial charge in [-0.2, -0.15) is 0 Å². The summed E-state index contributed by atoms with van der Waals surface area (Å²) in [6.07, 6.45) is 0. The molecule has 542 valence electrons. The Labute approximate surface area is 664 Å². The maximum atomic E-state index is 7.18. The van der Waals surface area contributed by atoms with Gasteiger partial charge in [0.1, 0.15) is 67.0 Å². The van der Waals surface area contributed by atoms with Gasteiger partial charge in [-0.25, -0.2) is 0 Å². The van der Waals surface area contributed by atoms with Gasteiger partial charge in [0.2, 0.25) is 0 Å². The van der Waals surface area contributed by atoms with E-state index >= 15 is 0 Å². The molecule has 0 spiro atoms. The van der Waals surface area contributed by atoms with Crippen LogP contribution in [-0.4, -0.2) is 0 Å². The first-order valence-corrected chi connectivity index (χ1v) is 39.2. The number of benzene rings is 18. The molecule has 0 fully saturated rings. The number of nitrogens with zero attached hydrogens (tertiary/aromatic N) is 2. The Morgan fingerprint density at radius 3 is 0.948 bits per heavy atom. The minimum absolute atomic E-state index is 0.793. The number of hydrogen-bond acceptors (Lipinski definition) is 8.